The van der Waals surface area contributed by atoms with Crippen LogP contribution in [0.25, 0.3) is 17.2 Å². The molecule has 1 aliphatic rings. The van der Waals surface area contributed by atoms with Crippen LogP contribution >= 0.6 is 0 Å². The first-order chi connectivity index (χ1) is 11.1. The molecule has 120 valence electrons. The van der Waals surface area contributed by atoms with Crippen LogP contribution in [-0.4, -0.2) is 0 Å². The van der Waals surface area contributed by atoms with Crippen LogP contribution in [0, 0.1) is 17.5 Å². The van der Waals surface area contributed by atoms with Crippen molar-refractivity contribution in [2.75, 3.05) is 0 Å². The summed E-state index contributed by atoms with van der Waals surface area (Å²) in [4.78, 5) is 0. The van der Waals surface area contributed by atoms with Crippen molar-refractivity contribution in [3.63, 3.8) is 0 Å². The number of unbranched alkanes of at least 4 members (excludes halogenated alkanes) is 1. The van der Waals surface area contributed by atoms with E-state index in [1.54, 1.807) is 6.07 Å². The SMILES string of the molecule is CCCCC1=Cc2cc(F)c(-c3ccc(F)c(F)c3)cc2CC1. The van der Waals surface area contributed by atoms with Crippen molar-refractivity contribution in [2.45, 2.75) is 39.0 Å². The number of fused-ring (bicyclic) bond motifs is 1. The molecule has 0 amide bonds. The molecule has 0 atom stereocenters. The fraction of sp³-hybridized carbons (Fsp3) is 0.300. The molecule has 0 nitrogen and oxygen atoms in total. The normalized spacial score (nSPS) is 13.7. The lowest BCUT2D eigenvalue weighted by molar-refractivity contribution is 0.509. The summed E-state index contributed by atoms with van der Waals surface area (Å²) < 4.78 is 40.9. The van der Waals surface area contributed by atoms with E-state index in [4.69, 9.17) is 0 Å². The number of aryl methyl sites for hydroxylation is 1. The maximum Gasteiger partial charge on any atom is 0.159 e. The molecule has 0 bridgehead atoms. The van der Waals surface area contributed by atoms with Gasteiger partial charge in [-0.25, -0.2) is 13.2 Å². The molecule has 0 saturated carbocycles. The molecular formula is C20H19F3. The van der Waals surface area contributed by atoms with E-state index in [0.29, 0.717) is 11.1 Å². The summed E-state index contributed by atoms with van der Waals surface area (Å²) in [5, 5.41) is 0. The number of rotatable bonds is 4. The van der Waals surface area contributed by atoms with Crippen LogP contribution in [0.5, 0.6) is 0 Å². The molecule has 23 heavy (non-hydrogen) atoms. The van der Waals surface area contributed by atoms with Gasteiger partial charge in [0.15, 0.2) is 11.6 Å². The third kappa shape index (κ3) is 3.34. The molecule has 3 rings (SSSR count). The zero-order chi connectivity index (χ0) is 16.4. The predicted molar refractivity (Wildman–Crippen MR) is 87.6 cm³/mol. The standard InChI is InChI=1S/C20H19F3/c1-2-3-4-13-5-6-14-10-17(19(22)12-16(14)9-13)15-7-8-18(21)20(23)11-15/h7-12H,2-6H2,1H3. The van der Waals surface area contributed by atoms with Gasteiger partial charge in [0, 0.05) is 5.56 Å². The predicted octanol–water partition coefficient (Wildman–Crippen LogP) is 6.29. The third-order valence-electron chi connectivity index (χ3n) is 4.39. The Bertz CT molecular complexity index is 760. The summed E-state index contributed by atoms with van der Waals surface area (Å²) in [5.74, 6) is -2.28. The van der Waals surface area contributed by atoms with Crippen LogP contribution in [0.1, 0.15) is 43.7 Å². The van der Waals surface area contributed by atoms with Gasteiger partial charge in [-0.2, -0.15) is 0 Å². The van der Waals surface area contributed by atoms with Crippen molar-refractivity contribution >= 4 is 6.08 Å². The monoisotopic (exact) mass is 316 g/mol. The van der Waals surface area contributed by atoms with Gasteiger partial charge in [-0.3, -0.25) is 0 Å². The quantitative estimate of drug-likeness (QED) is 0.621. The lowest BCUT2D eigenvalue weighted by Gasteiger charge is -2.18. The summed E-state index contributed by atoms with van der Waals surface area (Å²) in [6, 6.07) is 6.77. The number of benzene rings is 2. The molecule has 3 heteroatoms. The highest BCUT2D eigenvalue weighted by Crippen LogP contribution is 2.33. The second-order valence-electron chi connectivity index (χ2n) is 6.07. The van der Waals surface area contributed by atoms with Crippen molar-refractivity contribution < 1.29 is 13.2 Å². The van der Waals surface area contributed by atoms with Crippen LogP contribution in [-0.2, 0) is 6.42 Å². The molecule has 1 aliphatic carbocycles. The minimum Gasteiger partial charge on any atom is -0.206 e. The Morgan fingerprint density at radius 1 is 0.913 bits per heavy atom. The Kier molecular flexibility index (Phi) is 4.56. The first kappa shape index (κ1) is 15.9. The van der Waals surface area contributed by atoms with Crippen molar-refractivity contribution in [3.05, 3.63) is 64.5 Å². The van der Waals surface area contributed by atoms with Crippen molar-refractivity contribution in [1.82, 2.24) is 0 Å². The summed E-state index contributed by atoms with van der Waals surface area (Å²) >= 11 is 0. The molecule has 0 saturated heterocycles. The molecule has 0 heterocycles. The lowest BCUT2D eigenvalue weighted by Crippen LogP contribution is -2.02. The van der Waals surface area contributed by atoms with Crippen LogP contribution in [0.3, 0.4) is 0 Å². The van der Waals surface area contributed by atoms with Gasteiger partial charge in [0.25, 0.3) is 0 Å². The van der Waals surface area contributed by atoms with Crippen LogP contribution in [0.15, 0.2) is 35.9 Å². The molecule has 0 unspecified atom stereocenters. The molecule has 0 radical (unpaired) electrons. The Morgan fingerprint density at radius 2 is 1.74 bits per heavy atom. The summed E-state index contributed by atoms with van der Waals surface area (Å²) in [6.45, 7) is 2.16. The Morgan fingerprint density at radius 3 is 2.48 bits per heavy atom. The van der Waals surface area contributed by atoms with Gasteiger partial charge >= 0.3 is 0 Å². The molecule has 2 aromatic rings. The highest BCUT2D eigenvalue weighted by atomic mass is 19.2. The molecule has 0 fully saturated rings. The molecule has 0 N–H and O–H groups in total. The first-order valence-electron chi connectivity index (χ1n) is 8.05. The average molecular weight is 316 g/mol. The zero-order valence-electron chi connectivity index (χ0n) is 13.1. The topological polar surface area (TPSA) is 0 Å². The van der Waals surface area contributed by atoms with Gasteiger partial charge in [0.2, 0.25) is 0 Å². The van der Waals surface area contributed by atoms with Crippen LogP contribution < -0.4 is 0 Å². The highest BCUT2D eigenvalue weighted by molar-refractivity contribution is 5.70. The highest BCUT2D eigenvalue weighted by Gasteiger charge is 2.16. The van der Waals surface area contributed by atoms with E-state index in [-0.39, 0.29) is 0 Å². The number of halogens is 3. The maximum absolute atomic E-state index is 14.4. The van der Waals surface area contributed by atoms with E-state index < -0.39 is 17.5 Å². The summed E-state index contributed by atoms with van der Waals surface area (Å²) in [6.07, 6.45) is 7.27. The fourth-order valence-corrected chi connectivity index (χ4v) is 3.06. The van der Waals surface area contributed by atoms with Gasteiger partial charge in [0.1, 0.15) is 5.82 Å². The van der Waals surface area contributed by atoms with Gasteiger partial charge < -0.3 is 0 Å². The number of hydrogen-bond donors (Lipinski definition) is 0. The maximum atomic E-state index is 14.4. The van der Waals surface area contributed by atoms with E-state index in [2.05, 4.69) is 13.0 Å². The third-order valence-corrected chi connectivity index (χ3v) is 4.39. The molecule has 2 aromatic carbocycles. The van der Waals surface area contributed by atoms with Crippen LogP contribution in [0.4, 0.5) is 13.2 Å². The Hall–Kier alpha value is -2.03. The van der Waals surface area contributed by atoms with Gasteiger partial charge in [-0.15, -0.1) is 0 Å². The van der Waals surface area contributed by atoms with E-state index in [1.165, 1.54) is 17.7 Å². The van der Waals surface area contributed by atoms with E-state index in [1.807, 2.05) is 0 Å². The van der Waals surface area contributed by atoms with Gasteiger partial charge in [0.05, 0.1) is 0 Å². The number of hydrogen-bond acceptors (Lipinski definition) is 0. The molecular weight excluding hydrogens is 297 g/mol. The van der Waals surface area contributed by atoms with E-state index in [9.17, 15) is 13.2 Å². The van der Waals surface area contributed by atoms with E-state index in [0.717, 1.165) is 55.4 Å². The Labute approximate surface area is 134 Å². The van der Waals surface area contributed by atoms with Crippen LogP contribution in [0.2, 0.25) is 0 Å². The minimum absolute atomic E-state index is 0.327. The van der Waals surface area contributed by atoms with Crippen molar-refractivity contribution in [2.24, 2.45) is 0 Å². The summed E-state index contributed by atoms with van der Waals surface area (Å²) in [7, 11) is 0. The average Bonchev–Trinajstić information content (AvgIpc) is 2.54. The molecule has 0 aromatic heterocycles. The van der Waals surface area contributed by atoms with Crippen molar-refractivity contribution in [3.8, 4) is 11.1 Å². The van der Waals surface area contributed by atoms with Gasteiger partial charge in [-0.05, 0) is 66.6 Å². The lowest BCUT2D eigenvalue weighted by atomic mass is 9.87. The number of allylic oxidation sites excluding steroid dienone is 1. The largest absolute Gasteiger partial charge is 0.206 e. The smallest absolute Gasteiger partial charge is 0.159 e. The molecule has 0 aliphatic heterocycles. The second-order valence-corrected chi connectivity index (χ2v) is 6.07. The van der Waals surface area contributed by atoms with E-state index >= 15 is 0 Å². The first-order valence-corrected chi connectivity index (χ1v) is 8.05. The zero-order valence-corrected chi connectivity index (χ0v) is 13.1. The second kappa shape index (κ2) is 6.61. The fourth-order valence-electron chi connectivity index (χ4n) is 3.06. The minimum atomic E-state index is -0.957. The van der Waals surface area contributed by atoms with Gasteiger partial charge in [-0.1, -0.05) is 31.1 Å². The summed E-state index contributed by atoms with van der Waals surface area (Å²) in [5.41, 5.74) is 4.02. The molecule has 0 spiro atoms. The van der Waals surface area contributed by atoms with Crippen molar-refractivity contribution in [1.29, 1.82) is 0 Å². The Balaban J connectivity index is 1.97.